The molecule has 5 heteroatoms. The normalized spacial score (nSPS) is 10.5. The molecule has 0 radical (unpaired) electrons. The fourth-order valence-corrected chi connectivity index (χ4v) is 2.25. The van der Waals surface area contributed by atoms with Crippen LogP contribution >= 0.6 is 0 Å². The summed E-state index contributed by atoms with van der Waals surface area (Å²) >= 11 is 0. The Balaban J connectivity index is 2.23. The van der Waals surface area contributed by atoms with Gasteiger partial charge >= 0.3 is 0 Å². The third-order valence-electron chi connectivity index (χ3n) is 3.21. The molecule has 0 aliphatic rings. The van der Waals surface area contributed by atoms with Gasteiger partial charge in [-0.15, -0.1) is 0 Å². The first-order chi connectivity index (χ1) is 10.1. The van der Waals surface area contributed by atoms with Crippen LogP contribution in [0.5, 0.6) is 0 Å². The molecule has 0 fully saturated rings. The van der Waals surface area contributed by atoms with Crippen LogP contribution < -0.4 is 11.5 Å². The van der Waals surface area contributed by atoms with Crippen LogP contribution in [0.4, 0.5) is 16.0 Å². The molecule has 0 unspecified atom stereocenters. The minimum Gasteiger partial charge on any atom is -0.384 e. The summed E-state index contributed by atoms with van der Waals surface area (Å²) in [6.45, 7) is 0. The zero-order valence-electron chi connectivity index (χ0n) is 11.1. The zero-order chi connectivity index (χ0) is 14.8. The van der Waals surface area contributed by atoms with Gasteiger partial charge in [0.25, 0.3) is 0 Å². The van der Waals surface area contributed by atoms with Gasteiger partial charge < -0.3 is 11.5 Å². The van der Waals surface area contributed by atoms with Crippen LogP contribution in [0.3, 0.4) is 0 Å². The second-order valence-electron chi connectivity index (χ2n) is 4.60. The summed E-state index contributed by atoms with van der Waals surface area (Å²) in [6, 6.07) is 11.6. The Morgan fingerprint density at radius 1 is 0.810 bits per heavy atom. The van der Waals surface area contributed by atoms with Crippen molar-refractivity contribution < 1.29 is 4.39 Å². The number of rotatable bonds is 2. The predicted octanol–water partition coefficient (Wildman–Crippen LogP) is 3.11. The van der Waals surface area contributed by atoms with E-state index in [1.165, 1.54) is 12.1 Å². The van der Waals surface area contributed by atoms with Gasteiger partial charge in [-0.3, -0.25) is 0 Å². The molecule has 0 atom stereocenters. The van der Waals surface area contributed by atoms with Gasteiger partial charge in [0.1, 0.15) is 17.5 Å². The van der Waals surface area contributed by atoms with Gasteiger partial charge in [-0.25, -0.2) is 14.4 Å². The number of pyridine rings is 2. The second-order valence-corrected chi connectivity index (χ2v) is 4.60. The van der Waals surface area contributed by atoms with Gasteiger partial charge in [-0.2, -0.15) is 0 Å². The van der Waals surface area contributed by atoms with E-state index in [2.05, 4.69) is 9.97 Å². The van der Waals surface area contributed by atoms with Crippen molar-refractivity contribution in [1.82, 2.24) is 9.97 Å². The highest BCUT2D eigenvalue weighted by atomic mass is 19.1. The SMILES string of the molecule is Nc1cc(-c2ccnc(N)c2-c2ccc(F)cc2)ccn1. The van der Waals surface area contributed by atoms with Crippen molar-refractivity contribution in [3.05, 3.63) is 60.7 Å². The number of benzene rings is 1. The summed E-state index contributed by atoms with van der Waals surface area (Å²) in [5.41, 5.74) is 15.1. The van der Waals surface area contributed by atoms with Crippen LogP contribution in [-0.2, 0) is 0 Å². The van der Waals surface area contributed by atoms with Crippen LogP contribution in [0.15, 0.2) is 54.9 Å². The van der Waals surface area contributed by atoms with Crippen LogP contribution in [0.1, 0.15) is 0 Å². The summed E-state index contributed by atoms with van der Waals surface area (Å²) in [7, 11) is 0. The molecule has 0 saturated carbocycles. The van der Waals surface area contributed by atoms with E-state index < -0.39 is 0 Å². The van der Waals surface area contributed by atoms with Crippen molar-refractivity contribution in [2.45, 2.75) is 0 Å². The smallest absolute Gasteiger partial charge is 0.131 e. The molecule has 0 spiro atoms. The first-order valence-electron chi connectivity index (χ1n) is 6.37. The first-order valence-corrected chi connectivity index (χ1v) is 6.37. The maximum Gasteiger partial charge on any atom is 0.131 e. The number of nitrogen functional groups attached to an aromatic ring is 2. The van der Waals surface area contributed by atoms with E-state index in [0.29, 0.717) is 11.6 Å². The summed E-state index contributed by atoms with van der Waals surface area (Å²) in [5.74, 6) is 0.512. The fourth-order valence-electron chi connectivity index (χ4n) is 2.25. The van der Waals surface area contributed by atoms with Crippen LogP contribution in [0, 0.1) is 5.82 Å². The number of aromatic nitrogens is 2. The summed E-state index contributed by atoms with van der Waals surface area (Å²) in [4.78, 5) is 8.11. The standard InChI is InChI=1S/C16H13FN4/c17-12-3-1-10(2-4-12)15-13(6-8-21-16(15)19)11-5-7-20-14(18)9-11/h1-9H,(H2,18,20)(H2,19,21). The topological polar surface area (TPSA) is 77.8 Å². The lowest BCUT2D eigenvalue weighted by Crippen LogP contribution is -1.97. The molecule has 1 aromatic carbocycles. The summed E-state index contributed by atoms with van der Waals surface area (Å²) in [5, 5.41) is 0. The van der Waals surface area contributed by atoms with Crippen molar-refractivity contribution in [2.75, 3.05) is 11.5 Å². The van der Waals surface area contributed by atoms with E-state index in [0.717, 1.165) is 22.3 Å². The number of halogens is 1. The van der Waals surface area contributed by atoms with Crippen molar-refractivity contribution >= 4 is 11.6 Å². The predicted molar refractivity (Wildman–Crippen MR) is 81.7 cm³/mol. The highest BCUT2D eigenvalue weighted by Crippen LogP contribution is 2.35. The Morgan fingerprint density at radius 3 is 2.24 bits per heavy atom. The Hall–Kier alpha value is -2.95. The quantitative estimate of drug-likeness (QED) is 0.756. The van der Waals surface area contributed by atoms with Crippen LogP contribution in [-0.4, -0.2) is 9.97 Å². The molecule has 0 bridgehead atoms. The Kier molecular flexibility index (Phi) is 3.23. The number of anilines is 2. The van der Waals surface area contributed by atoms with Crippen molar-refractivity contribution in [2.24, 2.45) is 0 Å². The highest BCUT2D eigenvalue weighted by molar-refractivity contribution is 5.89. The van der Waals surface area contributed by atoms with Gasteiger partial charge in [-0.05, 0) is 47.0 Å². The van der Waals surface area contributed by atoms with Crippen LogP contribution in [0.2, 0.25) is 0 Å². The van der Waals surface area contributed by atoms with Crippen molar-refractivity contribution in [3.63, 3.8) is 0 Å². The molecule has 0 aliphatic heterocycles. The Bertz CT molecular complexity index is 785. The van der Waals surface area contributed by atoms with E-state index in [9.17, 15) is 4.39 Å². The van der Waals surface area contributed by atoms with Gasteiger partial charge in [0, 0.05) is 18.0 Å². The van der Waals surface area contributed by atoms with E-state index in [1.807, 2.05) is 12.1 Å². The van der Waals surface area contributed by atoms with Gasteiger partial charge in [0.15, 0.2) is 0 Å². The van der Waals surface area contributed by atoms with E-state index in [-0.39, 0.29) is 5.82 Å². The lowest BCUT2D eigenvalue weighted by Gasteiger charge is -2.12. The van der Waals surface area contributed by atoms with Crippen molar-refractivity contribution in [1.29, 1.82) is 0 Å². The van der Waals surface area contributed by atoms with E-state index in [4.69, 9.17) is 11.5 Å². The largest absolute Gasteiger partial charge is 0.384 e. The van der Waals surface area contributed by atoms with Gasteiger partial charge in [0.2, 0.25) is 0 Å². The molecule has 21 heavy (non-hydrogen) atoms. The number of nitrogens with two attached hydrogens (primary N) is 2. The minimum atomic E-state index is -0.295. The Labute approximate surface area is 121 Å². The van der Waals surface area contributed by atoms with Gasteiger partial charge in [-0.1, -0.05) is 12.1 Å². The lowest BCUT2D eigenvalue weighted by atomic mass is 9.96. The van der Waals surface area contributed by atoms with Crippen molar-refractivity contribution in [3.8, 4) is 22.3 Å². The van der Waals surface area contributed by atoms with E-state index in [1.54, 1.807) is 30.6 Å². The van der Waals surface area contributed by atoms with Crippen LogP contribution in [0.25, 0.3) is 22.3 Å². The lowest BCUT2D eigenvalue weighted by molar-refractivity contribution is 0.628. The Morgan fingerprint density at radius 2 is 1.52 bits per heavy atom. The summed E-state index contributed by atoms with van der Waals surface area (Å²) in [6.07, 6.45) is 3.27. The molecule has 0 amide bonds. The molecule has 2 heterocycles. The molecule has 4 N–H and O–H groups in total. The second kappa shape index (κ2) is 5.20. The molecule has 0 saturated heterocycles. The molecular weight excluding hydrogens is 267 g/mol. The molecule has 3 rings (SSSR count). The maximum atomic E-state index is 13.1. The molecular formula is C16H13FN4. The maximum absolute atomic E-state index is 13.1. The summed E-state index contributed by atoms with van der Waals surface area (Å²) < 4.78 is 13.1. The number of nitrogens with zero attached hydrogens (tertiary/aromatic N) is 2. The first kappa shape index (κ1) is 13.1. The monoisotopic (exact) mass is 280 g/mol. The average Bonchev–Trinajstić information content (AvgIpc) is 2.48. The molecule has 0 aliphatic carbocycles. The molecule has 2 aromatic heterocycles. The fraction of sp³-hybridized carbons (Fsp3) is 0. The average molecular weight is 280 g/mol. The highest BCUT2D eigenvalue weighted by Gasteiger charge is 2.12. The molecule has 3 aromatic rings. The van der Waals surface area contributed by atoms with E-state index >= 15 is 0 Å². The third-order valence-corrected chi connectivity index (χ3v) is 3.21. The third kappa shape index (κ3) is 2.53. The molecule has 4 nitrogen and oxygen atoms in total. The number of hydrogen-bond acceptors (Lipinski definition) is 4. The zero-order valence-corrected chi connectivity index (χ0v) is 11.1. The molecule has 104 valence electrons. The van der Waals surface area contributed by atoms with Gasteiger partial charge in [0.05, 0.1) is 0 Å². The number of hydrogen-bond donors (Lipinski definition) is 2. The minimum absolute atomic E-state index is 0.295.